The van der Waals surface area contributed by atoms with Crippen LogP contribution >= 0.6 is 12.6 Å². The van der Waals surface area contributed by atoms with E-state index in [0.29, 0.717) is 6.04 Å². The third kappa shape index (κ3) is 5.83. The molecule has 1 unspecified atom stereocenters. The third-order valence-electron chi connectivity index (χ3n) is 5.07. The highest BCUT2D eigenvalue weighted by Crippen LogP contribution is 2.23. The molecule has 1 heterocycles. The van der Waals surface area contributed by atoms with E-state index >= 15 is 0 Å². The molecule has 0 bridgehead atoms. The van der Waals surface area contributed by atoms with Crippen LogP contribution in [0.2, 0.25) is 0 Å². The first-order chi connectivity index (χ1) is 13.2. The number of carbonyl (C=O) groups excluding carboxylic acids is 1. The van der Waals surface area contributed by atoms with Crippen LogP contribution in [-0.2, 0) is 11.2 Å². The fourth-order valence-corrected chi connectivity index (χ4v) is 3.74. The lowest BCUT2D eigenvalue weighted by Crippen LogP contribution is -2.46. The maximum Gasteiger partial charge on any atom is 0.234 e. The fourth-order valence-electron chi connectivity index (χ4n) is 3.66. The Balaban J connectivity index is 1.53. The maximum absolute atomic E-state index is 11.4. The minimum atomic E-state index is -0.0769. The molecule has 2 aromatic rings. The molecule has 1 amide bonds. The summed E-state index contributed by atoms with van der Waals surface area (Å²) in [6.07, 6.45) is 2.18. The second kappa shape index (κ2) is 9.93. The molecule has 1 fully saturated rings. The predicted octanol–water partition coefficient (Wildman–Crippen LogP) is 3.44. The molecule has 1 aliphatic heterocycles. The Bertz CT molecular complexity index is 747. The van der Waals surface area contributed by atoms with Gasteiger partial charge in [-0.1, -0.05) is 42.0 Å². The van der Waals surface area contributed by atoms with Gasteiger partial charge in [0, 0.05) is 31.4 Å². The van der Waals surface area contributed by atoms with Crippen LogP contribution in [0.25, 0.3) is 0 Å². The summed E-state index contributed by atoms with van der Waals surface area (Å²) in [6.45, 7) is 6.42. The molecule has 0 spiro atoms. The van der Waals surface area contributed by atoms with Crippen LogP contribution in [0, 0.1) is 6.92 Å². The highest BCUT2D eigenvalue weighted by atomic mass is 32.1. The molecule has 1 aliphatic rings. The average molecular weight is 384 g/mol. The van der Waals surface area contributed by atoms with Crippen molar-refractivity contribution in [3.8, 4) is 0 Å². The number of amides is 1. The minimum absolute atomic E-state index is 0.0769. The van der Waals surface area contributed by atoms with Crippen molar-refractivity contribution in [2.24, 2.45) is 0 Å². The fraction of sp³-hybridized carbons (Fsp3) is 0.409. The summed E-state index contributed by atoms with van der Waals surface area (Å²) in [4.78, 5) is 14.0. The maximum atomic E-state index is 11.4. The SMILES string of the molecule is Cc1cccc(C2CNCCN2CCCc2ccc(NC(=O)CS)cc2)c1. The zero-order valence-electron chi connectivity index (χ0n) is 15.9. The van der Waals surface area contributed by atoms with Crippen molar-refractivity contribution in [1.82, 2.24) is 10.2 Å². The van der Waals surface area contributed by atoms with E-state index in [1.807, 2.05) is 12.1 Å². The lowest BCUT2D eigenvalue weighted by molar-refractivity contribution is -0.113. The number of carbonyl (C=O) groups is 1. The van der Waals surface area contributed by atoms with Crippen molar-refractivity contribution in [3.63, 3.8) is 0 Å². The van der Waals surface area contributed by atoms with E-state index in [1.54, 1.807) is 0 Å². The second-order valence-corrected chi connectivity index (χ2v) is 7.49. The monoisotopic (exact) mass is 383 g/mol. The number of benzene rings is 2. The lowest BCUT2D eigenvalue weighted by Gasteiger charge is -2.36. The molecular formula is C22H29N3OS. The third-order valence-corrected chi connectivity index (χ3v) is 5.36. The number of nitrogens with one attached hydrogen (secondary N) is 2. The predicted molar refractivity (Wildman–Crippen MR) is 116 cm³/mol. The summed E-state index contributed by atoms with van der Waals surface area (Å²) in [5.74, 6) is 0.126. The standard InChI is InChI=1S/C22H29N3OS/c1-17-4-2-6-19(14-17)21-15-23-11-13-25(21)12-3-5-18-7-9-20(10-8-18)24-22(26)16-27/h2,4,6-10,14,21,23,27H,3,5,11-13,15-16H2,1H3,(H,24,26). The molecule has 3 rings (SSSR count). The lowest BCUT2D eigenvalue weighted by atomic mass is 10.0. The van der Waals surface area contributed by atoms with Gasteiger partial charge in [-0.05, 0) is 49.6 Å². The van der Waals surface area contributed by atoms with E-state index in [9.17, 15) is 4.79 Å². The molecule has 1 saturated heterocycles. The Labute approximate surface area is 167 Å². The van der Waals surface area contributed by atoms with Crippen molar-refractivity contribution in [2.45, 2.75) is 25.8 Å². The quantitative estimate of drug-likeness (QED) is 0.642. The number of piperazine rings is 1. The Morgan fingerprint density at radius 1 is 1.26 bits per heavy atom. The molecule has 2 N–H and O–H groups in total. The summed E-state index contributed by atoms with van der Waals surface area (Å²) < 4.78 is 0. The summed E-state index contributed by atoms with van der Waals surface area (Å²) in [5, 5.41) is 6.36. The van der Waals surface area contributed by atoms with Gasteiger partial charge < -0.3 is 10.6 Å². The smallest absolute Gasteiger partial charge is 0.234 e. The molecule has 144 valence electrons. The zero-order chi connectivity index (χ0) is 19.1. The van der Waals surface area contributed by atoms with Crippen molar-refractivity contribution in [2.75, 3.05) is 37.2 Å². The van der Waals surface area contributed by atoms with E-state index in [0.717, 1.165) is 44.7 Å². The molecule has 5 heteroatoms. The highest BCUT2D eigenvalue weighted by molar-refractivity contribution is 7.81. The molecule has 27 heavy (non-hydrogen) atoms. The molecule has 0 radical (unpaired) electrons. The van der Waals surface area contributed by atoms with Crippen LogP contribution in [-0.4, -0.2) is 42.7 Å². The van der Waals surface area contributed by atoms with Crippen LogP contribution < -0.4 is 10.6 Å². The Hall–Kier alpha value is -1.82. The van der Waals surface area contributed by atoms with Gasteiger partial charge >= 0.3 is 0 Å². The normalized spacial score (nSPS) is 17.6. The van der Waals surface area contributed by atoms with Gasteiger partial charge in [-0.3, -0.25) is 9.69 Å². The van der Waals surface area contributed by atoms with Gasteiger partial charge in [0.05, 0.1) is 5.75 Å². The number of nitrogens with zero attached hydrogens (tertiary/aromatic N) is 1. The Morgan fingerprint density at radius 2 is 2.07 bits per heavy atom. The number of aryl methyl sites for hydroxylation is 2. The number of rotatable bonds is 7. The van der Waals surface area contributed by atoms with Crippen molar-refractivity contribution >= 4 is 24.2 Å². The first-order valence-electron chi connectivity index (χ1n) is 9.66. The van der Waals surface area contributed by atoms with Crippen molar-refractivity contribution in [1.29, 1.82) is 0 Å². The van der Waals surface area contributed by atoms with Gasteiger partial charge in [-0.25, -0.2) is 0 Å². The van der Waals surface area contributed by atoms with Crippen LogP contribution in [0.15, 0.2) is 48.5 Å². The van der Waals surface area contributed by atoms with Gasteiger partial charge in [-0.15, -0.1) is 0 Å². The van der Waals surface area contributed by atoms with Gasteiger partial charge in [0.15, 0.2) is 0 Å². The van der Waals surface area contributed by atoms with Crippen LogP contribution in [0.3, 0.4) is 0 Å². The molecule has 2 aromatic carbocycles. The summed E-state index contributed by atoms with van der Waals surface area (Å²) in [6, 6.07) is 17.5. The molecule has 0 aromatic heterocycles. The number of anilines is 1. The van der Waals surface area contributed by atoms with Gasteiger partial charge in [0.1, 0.15) is 0 Å². The first kappa shape index (κ1) is 19.9. The number of hydrogen-bond donors (Lipinski definition) is 3. The van der Waals surface area contributed by atoms with E-state index in [-0.39, 0.29) is 11.7 Å². The summed E-state index contributed by atoms with van der Waals surface area (Å²) in [7, 11) is 0. The second-order valence-electron chi connectivity index (χ2n) is 7.18. The molecule has 0 saturated carbocycles. The number of thiol groups is 1. The topological polar surface area (TPSA) is 44.4 Å². The molecule has 4 nitrogen and oxygen atoms in total. The van der Waals surface area contributed by atoms with Crippen LogP contribution in [0.5, 0.6) is 0 Å². The van der Waals surface area contributed by atoms with Gasteiger partial charge in [0.25, 0.3) is 0 Å². The molecular weight excluding hydrogens is 354 g/mol. The van der Waals surface area contributed by atoms with Crippen molar-refractivity contribution < 1.29 is 4.79 Å². The minimum Gasteiger partial charge on any atom is -0.325 e. The largest absolute Gasteiger partial charge is 0.325 e. The Kier molecular flexibility index (Phi) is 7.33. The summed E-state index contributed by atoms with van der Waals surface area (Å²) in [5.41, 5.74) is 4.87. The van der Waals surface area contributed by atoms with E-state index in [1.165, 1.54) is 16.7 Å². The Morgan fingerprint density at radius 3 is 2.81 bits per heavy atom. The number of hydrogen-bond acceptors (Lipinski definition) is 4. The first-order valence-corrected chi connectivity index (χ1v) is 10.3. The van der Waals surface area contributed by atoms with Crippen molar-refractivity contribution in [3.05, 3.63) is 65.2 Å². The van der Waals surface area contributed by atoms with E-state index in [4.69, 9.17) is 0 Å². The van der Waals surface area contributed by atoms with Gasteiger partial charge in [0.2, 0.25) is 5.91 Å². The van der Waals surface area contributed by atoms with Gasteiger partial charge in [-0.2, -0.15) is 12.6 Å². The van der Waals surface area contributed by atoms with Crippen LogP contribution in [0.1, 0.15) is 29.2 Å². The highest BCUT2D eigenvalue weighted by Gasteiger charge is 2.23. The molecule has 1 atom stereocenters. The zero-order valence-corrected chi connectivity index (χ0v) is 16.8. The van der Waals surface area contributed by atoms with Crippen LogP contribution in [0.4, 0.5) is 5.69 Å². The molecule has 0 aliphatic carbocycles. The van der Waals surface area contributed by atoms with E-state index in [2.05, 4.69) is 71.5 Å². The van der Waals surface area contributed by atoms with E-state index < -0.39 is 0 Å². The average Bonchev–Trinajstić information content (AvgIpc) is 2.69. The summed E-state index contributed by atoms with van der Waals surface area (Å²) >= 11 is 3.98.